The van der Waals surface area contributed by atoms with Crippen molar-refractivity contribution in [2.45, 2.75) is 25.1 Å². The SMILES string of the molecule is C#CC(F)c1ccc2c(c1)CCC2N.[Au]. The summed E-state index contributed by atoms with van der Waals surface area (Å²) in [5.74, 6) is 2.09. The molecule has 1 aromatic carbocycles. The Morgan fingerprint density at radius 3 is 2.93 bits per heavy atom. The number of rotatable bonds is 1. The van der Waals surface area contributed by atoms with Gasteiger partial charge in [0.05, 0.1) is 0 Å². The number of alkyl halides is 1. The van der Waals surface area contributed by atoms with Crippen LogP contribution in [0.1, 0.15) is 35.3 Å². The van der Waals surface area contributed by atoms with Crippen molar-refractivity contribution in [1.82, 2.24) is 0 Å². The minimum Gasteiger partial charge on any atom is -0.324 e. The van der Waals surface area contributed by atoms with Gasteiger partial charge in [-0.1, -0.05) is 24.1 Å². The van der Waals surface area contributed by atoms with Crippen LogP contribution >= 0.6 is 0 Å². The predicted molar refractivity (Wildman–Crippen MR) is 54.4 cm³/mol. The third-order valence-electron chi connectivity index (χ3n) is 2.73. The fourth-order valence-corrected chi connectivity index (χ4v) is 1.92. The van der Waals surface area contributed by atoms with E-state index in [0.29, 0.717) is 5.56 Å². The van der Waals surface area contributed by atoms with Gasteiger partial charge in [-0.25, -0.2) is 4.39 Å². The van der Waals surface area contributed by atoms with E-state index in [1.54, 1.807) is 6.07 Å². The molecule has 1 aromatic rings. The van der Waals surface area contributed by atoms with E-state index in [9.17, 15) is 4.39 Å². The Morgan fingerprint density at radius 1 is 1.53 bits per heavy atom. The summed E-state index contributed by atoms with van der Waals surface area (Å²) in [4.78, 5) is 0. The van der Waals surface area contributed by atoms with Crippen LogP contribution in [0.5, 0.6) is 0 Å². The summed E-state index contributed by atoms with van der Waals surface area (Å²) in [6.07, 6.45) is 5.61. The van der Waals surface area contributed by atoms with Gasteiger partial charge in [-0.05, 0) is 29.5 Å². The summed E-state index contributed by atoms with van der Waals surface area (Å²) in [5.41, 5.74) is 8.72. The molecule has 2 N–H and O–H groups in total. The van der Waals surface area contributed by atoms with Gasteiger partial charge in [0, 0.05) is 28.4 Å². The second kappa shape index (κ2) is 4.96. The summed E-state index contributed by atoms with van der Waals surface area (Å²) >= 11 is 0. The molecule has 0 aliphatic heterocycles. The number of benzene rings is 1. The van der Waals surface area contributed by atoms with E-state index in [4.69, 9.17) is 12.2 Å². The molecule has 1 aliphatic rings. The Labute approximate surface area is 105 Å². The van der Waals surface area contributed by atoms with Crippen molar-refractivity contribution in [3.8, 4) is 12.3 Å². The molecule has 2 unspecified atom stereocenters. The van der Waals surface area contributed by atoms with Gasteiger partial charge in [0.1, 0.15) is 0 Å². The molecular formula is C12H12AuFN. The van der Waals surface area contributed by atoms with Crippen LogP contribution in [0.15, 0.2) is 18.2 Å². The van der Waals surface area contributed by atoms with Crippen molar-refractivity contribution < 1.29 is 26.8 Å². The van der Waals surface area contributed by atoms with Crippen LogP contribution in [-0.2, 0) is 28.8 Å². The van der Waals surface area contributed by atoms with E-state index >= 15 is 0 Å². The Morgan fingerprint density at radius 2 is 2.27 bits per heavy atom. The van der Waals surface area contributed by atoms with Crippen molar-refractivity contribution in [2.75, 3.05) is 0 Å². The molecule has 1 aliphatic carbocycles. The predicted octanol–water partition coefficient (Wildman–Crippen LogP) is 2.27. The van der Waals surface area contributed by atoms with Gasteiger partial charge in [0.15, 0.2) is 6.17 Å². The molecule has 15 heavy (non-hydrogen) atoms. The van der Waals surface area contributed by atoms with Gasteiger partial charge < -0.3 is 5.73 Å². The second-order valence-corrected chi connectivity index (χ2v) is 3.63. The van der Waals surface area contributed by atoms with Crippen LogP contribution in [0.25, 0.3) is 0 Å². The number of aryl methyl sites for hydroxylation is 1. The zero-order valence-corrected chi connectivity index (χ0v) is 10.3. The third kappa shape index (κ3) is 2.32. The molecule has 0 bridgehead atoms. The minimum absolute atomic E-state index is 0. The monoisotopic (exact) mass is 386 g/mol. The maximum atomic E-state index is 13.2. The van der Waals surface area contributed by atoms with E-state index in [0.717, 1.165) is 24.0 Å². The van der Waals surface area contributed by atoms with E-state index < -0.39 is 6.17 Å². The quantitative estimate of drug-likeness (QED) is 0.582. The van der Waals surface area contributed by atoms with Gasteiger partial charge in [-0.15, -0.1) is 6.42 Å². The fourth-order valence-electron chi connectivity index (χ4n) is 1.92. The molecule has 0 saturated carbocycles. The van der Waals surface area contributed by atoms with Gasteiger partial charge in [-0.3, -0.25) is 0 Å². The molecule has 83 valence electrons. The smallest absolute Gasteiger partial charge is 0.185 e. The zero-order valence-electron chi connectivity index (χ0n) is 8.14. The molecule has 3 heteroatoms. The first-order chi connectivity index (χ1) is 6.72. The second-order valence-electron chi connectivity index (χ2n) is 3.63. The molecule has 0 amide bonds. The van der Waals surface area contributed by atoms with E-state index in [1.807, 2.05) is 12.1 Å². The van der Waals surface area contributed by atoms with Crippen molar-refractivity contribution in [2.24, 2.45) is 5.73 Å². The Hall–Kier alpha value is -0.590. The van der Waals surface area contributed by atoms with Crippen molar-refractivity contribution in [3.63, 3.8) is 0 Å². The van der Waals surface area contributed by atoms with Crippen molar-refractivity contribution >= 4 is 0 Å². The first-order valence-electron chi connectivity index (χ1n) is 4.71. The molecule has 0 saturated heterocycles. The van der Waals surface area contributed by atoms with Crippen LogP contribution < -0.4 is 5.73 Å². The summed E-state index contributed by atoms with van der Waals surface area (Å²) in [6.45, 7) is 0. The summed E-state index contributed by atoms with van der Waals surface area (Å²) in [6, 6.07) is 5.58. The number of hydrogen-bond donors (Lipinski definition) is 1. The van der Waals surface area contributed by atoms with E-state index in [-0.39, 0.29) is 28.4 Å². The molecule has 0 aromatic heterocycles. The fraction of sp³-hybridized carbons (Fsp3) is 0.333. The Kier molecular flexibility index (Phi) is 4.12. The summed E-state index contributed by atoms with van der Waals surface area (Å²) in [5, 5.41) is 0. The first kappa shape index (κ1) is 12.5. The number of halogens is 1. The van der Waals surface area contributed by atoms with Crippen molar-refractivity contribution in [3.05, 3.63) is 34.9 Å². The number of hydrogen-bond acceptors (Lipinski definition) is 1. The van der Waals surface area contributed by atoms with Crippen LogP contribution in [0.2, 0.25) is 0 Å². The molecule has 0 heterocycles. The topological polar surface area (TPSA) is 26.0 Å². The minimum atomic E-state index is -1.29. The molecule has 1 radical (unpaired) electrons. The van der Waals surface area contributed by atoms with Gasteiger partial charge in [-0.2, -0.15) is 0 Å². The molecular weight excluding hydrogens is 374 g/mol. The van der Waals surface area contributed by atoms with Crippen molar-refractivity contribution in [1.29, 1.82) is 0 Å². The summed E-state index contributed by atoms with van der Waals surface area (Å²) < 4.78 is 13.2. The summed E-state index contributed by atoms with van der Waals surface area (Å²) in [7, 11) is 0. The largest absolute Gasteiger partial charge is 0.324 e. The first-order valence-corrected chi connectivity index (χ1v) is 4.71. The Balaban J connectivity index is 0.00000112. The number of terminal acetylenes is 1. The maximum Gasteiger partial charge on any atom is 0.185 e. The average molecular weight is 386 g/mol. The van der Waals surface area contributed by atoms with Crippen LogP contribution in [0.4, 0.5) is 4.39 Å². The normalized spacial score (nSPS) is 19.9. The van der Waals surface area contributed by atoms with Gasteiger partial charge in [0.25, 0.3) is 0 Å². The standard InChI is InChI=1S/C12H12FN.Au/c1-2-11(13)9-3-5-10-8(7-9)4-6-12(10)14;/h1,3,5,7,11-12H,4,6,14H2;. The molecule has 1 nitrogen and oxygen atoms in total. The molecule has 2 atom stereocenters. The molecule has 0 spiro atoms. The Bertz CT molecular complexity index is 397. The van der Waals surface area contributed by atoms with Crippen LogP contribution in [0.3, 0.4) is 0 Å². The number of fused-ring (bicyclic) bond motifs is 1. The van der Waals surface area contributed by atoms with Gasteiger partial charge in [0.2, 0.25) is 0 Å². The molecule has 0 fully saturated rings. The third-order valence-corrected chi connectivity index (χ3v) is 2.73. The average Bonchev–Trinajstić information content (AvgIpc) is 2.59. The number of nitrogens with two attached hydrogens (primary N) is 1. The zero-order chi connectivity index (χ0) is 10.1. The van der Waals surface area contributed by atoms with E-state index in [1.165, 1.54) is 0 Å². The van der Waals surface area contributed by atoms with E-state index in [2.05, 4.69) is 5.92 Å². The maximum absolute atomic E-state index is 13.2. The van der Waals surface area contributed by atoms with Gasteiger partial charge >= 0.3 is 0 Å². The molecule has 2 rings (SSSR count). The van der Waals surface area contributed by atoms with Crippen LogP contribution in [0, 0.1) is 12.3 Å². The van der Waals surface area contributed by atoms with Crippen LogP contribution in [-0.4, -0.2) is 0 Å².